The third-order valence-electron chi connectivity index (χ3n) is 2.58. The van der Waals surface area contributed by atoms with Gasteiger partial charge in [-0.05, 0) is 37.8 Å². The van der Waals surface area contributed by atoms with Crippen molar-refractivity contribution in [2.45, 2.75) is 19.8 Å². The first-order chi connectivity index (χ1) is 8.31. The summed E-state index contributed by atoms with van der Waals surface area (Å²) in [5, 5.41) is 7.74. The van der Waals surface area contributed by atoms with E-state index in [9.17, 15) is 0 Å². The van der Waals surface area contributed by atoms with Gasteiger partial charge in [0.25, 0.3) is 0 Å². The Hall–Kier alpha value is -1.23. The normalized spacial score (nSPS) is 10.9. The molecular formula is C12H18N4S. The maximum atomic E-state index is 4.36. The van der Waals surface area contributed by atoms with E-state index in [4.69, 9.17) is 0 Å². The van der Waals surface area contributed by atoms with Crippen molar-refractivity contribution in [1.82, 2.24) is 14.6 Å². The zero-order valence-corrected chi connectivity index (χ0v) is 11.1. The zero-order chi connectivity index (χ0) is 12.1. The molecule has 0 spiro atoms. The number of aromatic nitrogens is 3. The topological polar surface area (TPSA) is 42.2 Å². The molecule has 0 amide bonds. The standard InChI is InChI=1S/C12H18N4S/c1-10-9-11-12(13-5-3-4-8-17-2)14-6-7-16(11)15-10/h6-7,9H,3-5,8H2,1-2H3,(H,13,14). The predicted molar refractivity (Wildman–Crippen MR) is 73.8 cm³/mol. The molecular weight excluding hydrogens is 232 g/mol. The highest BCUT2D eigenvalue weighted by molar-refractivity contribution is 7.98. The van der Waals surface area contributed by atoms with Gasteiger partial charge in [0.2, 0.25) is 0 Å². The Morgan fingerprint density at radius 1 is 1.41 bits per heavy atom. The summed E-state index contributed by atoms with van der Waals surface area (Å²) >= 11 is 1.90. The van der Waals surface area contributed by atoms with Gasteiger partial charge in [-0.15, -0.1) is 0 Å². The van der Waals surface area contributed by atoms with Crippen molar-refractivity contribution < 1.29 is 0 Å². The van der Waals surface area contributed by atoms with Crippen molar-refractivity contribution in [3.8, 4) is 0 Å². The molecule has 1 N–H and O–H groups in total. The number of thioether (sulfide) groups is 1. The molecule has 0 aromatic carbocycles. The van der Waals surface area contributed by atoms with Crippen LogP contribution >= 0.6 is 11.8 Å². The van der Waals surface area contributed by atoms with Crippen LogP contribution in [0.5, 0.6) is 0 Å². The molecule has 0 bridgehead atoms. The molecule has 17 heavy (non-hydrogen) atoms. The minimum atomic E-state index is 0.928. The van der Waals surface area contributed by atoms with E-state index in [1.165, 1.54) is 18.6 Å². The molecule has 0 saturated carbocycles. The lowest BCUT2D eigenvalue weighted by Crippen LogP contribution is -2.05. The largest absolute Gasteiger partial charge is 0.368 e. The van der Waals surface area contributed by atoms with Gasteiger partial charge in [0.15, 0.2) is 5.82 Å². The van der Waals surface area contributed by atoms with Crippen LogP contribution in [0, 0.1) is 6.92 Å². The van der Waals surface area contributed by atoms with E-state index in [1.807, 2.05) is 29.4 Å². The van der Waals surface area contributed by atoms with Gasteiger partial charge in [0.05, 0.1) is 5.69 Å². The molecule has 92 valence electrons. The Morgan fingerprint density at radius 3 is 3.12 bits per heavy atom. The monoisotopic (exact) mass is 250 g/mol. The van der Waals surface area contributed by atoms with Gasteiger partial charge < -0.3 is 5.32 Å². The quantitative estimate of drug-likeness (QED) is 0.800. The summed E-state index contributed by atoms with van der Waals surface area (Å²) in [5.74, 6) is 2.16. The van der Waals surface area contributed by atoms with E-state index in [1.54, 1.807) is 6.20 Å². The minimum absolute atomic E-state index is 0.928. The van der Waals surface area contributed by atoms with Crippen LogP contribution in [-0.4, -0.2) is 33.2 Å². The number of hydrogen-bond donors (Lipinski definition) is 1. The molecule has 5 heteroatoms. The molecule has 0 radical (unpaired) electrons. The second-order valence-corrected chi connectivity index (χ2v) is 5.00. The fourth-order valence-corrected chi connectivity index (χ4v) is 2.25. The molecule has 4 nitrogen and oxygen atoms in total. The fraction of sp³-hybridized carbons (Fsp3) is 0.500. The van der Waals surface area contributed by atoms with Crippen LogP contribution < -0.4 is 5.32 Å². The van der Waals surface area contributed by atoms with Crippen LogP contribution in [-0.2, 0) is 0 Å². The molecule has 0 aliphatic heterocycles. The molecule has 0 unspecified atom stereocenters. The summed E-state index contributed by atoms with van der Waals surface area (Å²) in [5.41, 5.74) is 2.07. The van der Waals surface area contributed by atoms with E-state index >= 15 is 0 Å². The van der Waals surface area contributed by atoms with Gasteiger partial charge in [0, 0.05) is 18.9 Å². The molecule has 2 heterocycles. The second-order valence-electron chi connectivity index (χ2n) is 4.02. The van der Waals surface area contributed by atoms with E-state index in [-0.39, 0.29) is 0 Å². The SMILES string of the molecule is CSCCCCNc1nccn2nc(C)cc12. The van der Waals surface area contributed by atoms with Gasteiger partial charge in [-0.1, -0.05) is 0 Å². The number of hydrogen-bond acceptors (Lipinski definition) is 4. The van der Waals surface area contributed by atoms with Crippen LogP contribution in [0.2, 0.25) is 0 Å². The number of anilines is 1. The summed E-state index contributed by atoms with van der Waals surface area (Å²) in [7, 11) is 0. The second kappa shape index (κ2) is 5.91. The van der Waals surface area contributed by atoms with Crippen LogP contribution in [0.15, 0.2) is 18.5 Å². The highest BCUT2D eigenvalue weighted by atomic mass is 32.2. The van der Waals surface area contributed by atoms with Crippen molar-refractivity contribution >= 4 is 23.1 Å². The lowest BCUT2D eigenvalue weighted by Gasteiger charge is -2.06. The summed E-state index contributed by atoms with van der Waals surface area (Å²) in [6.45, 7) is 2.96. The first-order valence-corrected chi connectivity index (χ1v) is 7.24. The average molecular weight is 250 g/mol. The van der Waals surface area contributed by atoms with E-state index in [0.29, 0.717) is 0 Å². The fourth-order valence-electron chi connectivity index (χ4n) is 1.76. The third kappa shape index (κ3) is 3.12. The highest BCUT2D eigenvalue weighted by Crippen LogP contribution is 2.14. The first-order valence-electron chi connectivity index (χ1n) is 5.85. The number of unbranched alkanes of at least 4 members (excludes halogenated alkanes) is 1. The van der Waals surface area contributed by atoms with Gasteiger partial charge in [-0.3, -0.25) is 0 Å². The first kappa shape index (κ1) is 12.2. The van der Waals surface area contributed by atoms with Crippen LogP contribution in [0.1, 0.15) is 18.5 Å². The average Bonchev–Trinajstić information content (AvgIpc) is 2.70. The molecule has 0 saturated heterocycles. The minimum Gasteiger partial charge on any atom is -0.368 e. The molecule has 0 atom stereocenters. The van der Waals surface area contributed by atoms with Crippen LogP contribution in [0.3, 0.4) is 0 Å². The van der Waals surface area contributed by atoms with E-state index in [2.05, 4.69) is 27.7 Å². The molecule has 2 aromatic rings. The lowest BCUT2D eigenvalue weighted by atomic mass is 10.3. The van der Waals surface area contributed by atoms with Gasteiger partial charge >= 0.3 is 0 Å². The Labute approximate surface area is 106 Å². The zero-order valence-electron chi connectivity index (χ0n) is 10.3. The van der Waals surface area contributed by atoms with Crippen molar-refractivity contribution in [2.75, 3.05) is 23.9 Å². The number of nitrogens with one attached hydrogen (secondary N) is 1. The summed E-state index contributed by atoms with van der Waals surface area (Å²) < 4.78 is 1.87. The molecule has 2 aromatic heterocycles. The number of rotatable bonds is 6. The Kier molecular flexibility index (Phi) is 4.25. The molecule has 0 aliphatic carbocycles. The Balaban J connectivity index is 1.98. The summed E-state index contributed by atoms with van der Waals surface area (Å²) in [6, 6.07) is 2.05. The Bertz CT molecular complexity index is 480. The third-order valence-corrected chi connectivity index (χ3v) is 3.28. The maximum Gasteiger partial charge on any atom is 0.152 e. The van der Waals surface area contributed by atoms with Gasteiger partial charge in [0.1, 0.15) is 5.52 Å². The number of aryl methyl sites for hydroxylation is 1. The highest BCUT2D eigenvalue weighted by Gasteiger charge is 2.03. The maximum absolute atomic E-state index is 4.36. The van der Waals surface area contributed by atoms with Crippen molar-refractivity contribution in [3.05, 3.63) is 24.2 Å². The van der Waals surface area contributed by atoms with Crippen molar-refractivity contribution in [1.29, 1.82) is 0 Å². The smallest absolute Gasteiger partial charge is 0.152 e. The molecule has 0 fully saturated rings. The summed E-state index contributed by atoms with van der Waals surface area (Å²) in [4.78, 5) is 4.36. The Morgan fingerprint density at radius 2 is 2.29 bits per heavy atom. The van der Waals surface area contributed by atoms with Gasteiger partial charge in [-0.25, -0.2) is 9.50 Å². The molecule has 2 rings (SSSR count). The van der Waals surface area contributed by atoms with Crippen LogP contribution in [0.25, 0.3) is 5.52 Å². The summed E-state index contributed by atoms with van der Waals surface area (Å²) in [6.07, 6.45) is 8.22. The van der Waals surface area contributed by atoms with E-state index < -0.39 is 0 Å². The van der Waals surface area contributed by atoms with Crippen LogP contribution in [0.4, 0.5) is 5.82 Å². The number of nitrogens with zero attached hydrogens (tertiary/aromatic N) is 3. The van der Waals surface area contributed by atoms with Crippen molar-refractivity contribution in [2.24, 2.45) is 0 Å². The van der Waals surface area contributed by atoms with Crippen molar-refractivity contribution in [3.63, 3.8) is 0 Å². The predicted octanol–water partition coefficient (Wildman–Crippen LogP) is 2.59. The molecule has 0 aliphatic rings. The van der Waals surface area contributed by atoms with E-state index in [0.717, 1.165) is 23.6 Å². The lowest BCUT2D eigenvalue weighted by molar-refractivity contribution is 0.837. The van der Waals surface area contributed by atoms with Gasteiger partial charge in [-0.2, -0.15) is 16.9 Å². The number of fused-ring (bicyclic) bond motifs is 1.